The molecule has 0 aromatic carbocycles. The minimum Gasteiger partial charge on any atom is -0.387 e. The van der Waals surface area contributed by atoms with E-state index in [1.54, 1.807) is 0 Å². The number of rotatable bonds is 6. The zero-order chi connectivity index (χ0) is 13.0. The van der Waals surface area contributed by atoms with Crippen molar-refractivity contribution in [2.24, 2.45) is 5.92 Å². The van der Waals surface area contributed by atoms with Crippen LogP contribution < -0.4 is 4.90 Å². The highest BCUT2D eigenvalue weighted by molar-refractivity contribution is 5.44. The zero-order valence-corrected chi connectivity index (χ0v) is 11.5. The third kappa shape index (κ3) is 3.02. The summed E-state index contributed by atoms with van der Waals surface area (Å²) in [6.45, 7) is 6.32. The van der Waals surface area contributed by atoms with Crippen molar-refractivity contribution in [3.63, 3.8) is 0 Å². The predicted octanol–water partition coefficient (Wildman–Crippen LogP) is 3.15. The molecule has 3 nitrogen and oxygen atoms in total. The van der Waals surface area contributed by atoms with Crippen molar-refractivity contribution in [3.8, 4) is 0 Å². The van der Waals surface area contributed by atoms with Gasteiger partial charge in [0.05, 0.1) is 23.7 Å². The highest BCUT2D eigenvalue weighted by atomic mass is 16.3. The molecule has 1 aromatic heterocycles. The SMILES string of the molecule is CC[C@@H](O)c1ccc(N(CC)CC2CCC2)cn1. The molecule has 1 aromatic rings. The Morgan fingerprint density at radius 2 is 2.17 bits per heavy atom. The first kappa shape index (κ1) is 13.3. The largest absolute Gasteiger partial charge is 0.387 e. The van der Waals surface area contributed by atoms with Gasteiger partial charge in [-0.15, -0.1) is 0 Å². The summed E-state index contributed by atoms with van der Waals surface area (Å²) in [7, 11) is 0. The number of hydrogen-bond acceptors (Lipinski definition) is 3. The first-order valence-corrected chi connectivity index (χ1v) is 7.13. The van der Waals surface area contributed by atoms with Crippen LogP contribution in [0.15, 0.2) is 18.3 Å². The van der Waals surface area contributed by atoms with E-state index in [0.29, 0.717) is 6.42 Å². The molecule has 1 aliphatic rings. The van der Waals surface area contributed by atoms with Crippen LogP contribution in [0.4, 0.5) is 5.69 Å². The fourth-order valence-electron chi connectivity index (χ4n) is 2.39. The van der Waals surface area contributed by atoms with Gasteiger partial charge in [-0.2, -0.15) is 0 Å². The third-order valence-electron chi connectivity index (χ3n) is 3.95. The summed E-state index contributed by atoms with van der Waals surface area (Å²) in [6.07, 6.45) is 6.32. The number of anilines is 1. The molecule has 0 radical (unpaired) electrons. The Labute approximate surface area is 110 Å². The van der Waals surface area contributed by atoms with E-state index in [2.05, 4.69) is 22.9 Å². The van der Waals surface area contributed by atoms with Gasteiger partial charge in [-0.25, -0.2) is 0 Å². The second-order valence-electron chi connectivity index (χ2n) is 5.20. The summed E-state index contributed by atoms with van der Waals surface area (Å²) in [5.41, 5.74) is 1.96. The van der Waals surface area contributed by atoms with Crippen molar-refractivity contribution in [1.29, 1.82) is 0 Å². The maximum atomic E-state index is 9.73. The maximum absolute atomic E-state index is 9.73. The van der Waals surface area contributed by atoms with Gasteiger partial charge in [0.25, 0.3) is 0 Å². The van der Waals surface area contributed by atoms with Crippen LogP contribution in [0.1, 0.15) is 51.3 Å². The Kier molecular flexibility index (Phi) is 4.59. The zero-order valence-electron chi connectivity index (χ0n) is 11.5. The lowest BCUT2D eigenvalue weighted by atomic mass is 9.85. The van der Waals surface area contributed by atoms with Crippen molar-refractivity contribution in [3.05, 3.63) is 24.0 Å². The van der Waals surface area contributed by atoms with Crippen molar-refractivity contribution < 1.29 is 5.11 Å². The normalized spacial score (nSPS) is 17.3. The van der Waals surface area contributed by atoms with Crippen LogP contribution in [0.2, 0.25) is 0 Å². The summed E-state index contributed by atoms with van der Waals surface area (Å²) >= 11 is 0. The van der Waals surface area contributed by atoms with Crippen molar-refractivity contribution in [2.45, 2.75) is 45.6 Å². The van der Waals surface area contributed by atoms with Gasteiger partial charge < -0.3 is 10.0 Å². The smallest absolute Gasteiger partial charge is 0.0957 e. The van der Waals surface area contributed by atoms with Crippen molar-refractivity contribution in [1.82, 2.24) is 4.98 Å². The molecular formula is C15H24N2O. The summed E-state index contributed by atoms with van der Waals surface area (Å²) in [5, 5.41) is 9.73. The molecule has 1 atom stereocenters. The molecule has 1 heterocycles. The average Bonchev–Trinajstić information content (AvgIpc) is 2.37. The highest BCUT2D eigenvalue weighted by Crippen LogP contribution is 2.29. The Morgan fingerprint density at radius 3 is 2.61 bits per heavy atom. The summed E-state index contributed by atoms with van der Waals surface area (Å²) in [4.78, 5) is 6.77. The second kappa shape index (κ2) is 6.19. The van der Waals surface area contributed by atoms with Gasteiger partial charge in [0.1, 0.15) is 0 Å². The molecule has 1 fully saturated rings. The molecule has 2 rings (SSSR count). The van der Waals surface area contributed by atoms with E-state index in [-0.39, 0.29) is 0 Å². The number of pyridine rings is 1. The van der Waals surface area contributed by atoms with E-state index >= 15 is 0 Å². The van der Waals surface area contributed by atoms with Gasteiger partial charge >= 0.3 is 0 Å². The Bertz CT molecular complexity index is 359. The quantitative estimate of drug-likeness (QED) is 0.840. The molecule has 0 saturated heterocycles. The Balaban J connectivity index is 2.01. The molecule has 0 unspecified atom stereocenters. The van der Waals surface area contributed by atoms with E-state index in [9.17, 15) is 5.11 Å². The van der Waals surface area contributed by atoms with Crippen LogP contribution in [0.3, 0.4) is 0 Å². The summed E-state index contributed by atoms with van der Waals surface area (Å²) < 4.78 is 0. The topological polar surface area (TPSA) is 36.4 Å². The monoisotopic (exact) mass is 248 g/mol. The van der Waals surface area contributed by atoms with Crippen LogP contribution in [0, 0.1) is 5.92 Å². The molecule has 0 bridgehead atoms. The van der Waals surface area contributed by atoms with Gasteiger partial charge in [-0.1, -0.05) is 13.3 Å². The van der Waals surface area contributed by atoms with E-state index in [1.165, 1.54) is 24.9 Å². The molecular weight excluding hydrogens is 224 g/mol. The first-order chi connectivity index (χ1) is 8.74. The Hall–Kier alpha value is -1.09. The number of hydrogen-bond donors (Lipinski definition) is 1. The number of aliphatic hydroxyl groups is 1. The molecule has 18 heavy (non-hydrogen) atoms. The lowest BCUT2D eigenvalue weighted by Crippen LogP contribution is -2.32. The van der Waals surface area contributed by atoms with Crippen LogP contribution in [0.25, 0.3) is 0 Å². The Morgan fingerprint density at radius 1 is 1.39 bits per heavy atom. The summed E-state index contributed by atoms with van der Waals surface area (Å²) in [6, 6.07) is 4.04. The van der Waals surface area contributed by atoms with Gasteiger partial charge in [-0.3, -0.25) is 4.98 Å². The third-order valence-corrected chi connectivity index (χ3v) is 3.95. The average molecular weight is 248 g/mol. The fraction of sp³-hybridized carbons (Fsp3) is 0.667. The molecule has 0 amide bonds. The minimum absolute atomic E-state index is 0.430. The van der Waals surface area contributed by atoms with Gasteiger partial charge in [0.15, 0.2) is 0 Å². The number of aromatic nitrogens is 1. The van der Waals surface area contributed by atoms with Gasteiger partial charge in [0, 0.05) is 13.1 Å². The maximum Gasteiger partial charge on any atom is 0.0957 e. The molecule has 1 aliphatic carbocycles. The van der Waals surface area contributed by atoms with E-state index in [4.69, 9.17) is 0 Å². The van der Waals surface area contributed by atoms with Crippen LogP contribution >= 0.6 is 0 Å². The van der Waals surface area contributed by atoms with Crippen LogP contribution in [0.5, 0.6) is 0 Å². The van der Waals surface area contributed by atoms with Crippen LogP contribution in [-0.4, -0.2) is 23.2 Å². The number of nitrogens with zero attached hydrogens (tertiary/aromatic N) is 2. The van der Waals surface area contributed by atoms with Gasteiger partial charge in [0.2, 0.25) is 0 Å². The highest BCUT2D eigenvalue weighted by Gasteiger charge is 2.20. The van der Waals surface area contributed by atoms with Crippen molar-refractivity contribution >= 4 is 5.69 Å². The second-order valence-corrected chi connectivity index (χ2v) is 5.20. The number of aliphatic hydroxyl groups excluding tert-OH is 1. The molecule has 0 aliphatic heterocycles. The van der Waals surface area contributed by atoms with Crippen molar-refractivity contribution in [2.75, 3.05) is 18.0 Å². The van der Waals surface area contributed by atoms with E-state index < -0.39 is 6.10 Å². The standard InChI is InChI=1S/C15H24N2O/c1-3-15(18)14-9-8-13(10-16-14)17(4-2)11-12-6-5-7-12/h8-10,12,15,18H,3-7,11H2,1-2H3/t15-/m1/s1. The van der Waals surface area contributed by atoms with Gasteiger partial charge in [-0.05, 0) is 44.2 Å². The molecule has 100 valence electrons. The minimum atomic E-state index is -0.430. The fourth-order valence-corrected chi connectivity index (χ4v) is 2.39. The van der Waals surface area contributed by atoms with E-state index in [1.807, 2.05) is 19.2 Å². The van der Waals surface area contributed by atoms with E-state index in [0.717, 1.165) is 24.7 Å². The molecule has 1 N–H and O–H groups in total. The lowest BCUT2D eigenvalue weighted by molar-refractivity contribution is 0.169. The lowest BCUT2D eigenvalue weighted by Gasteiger charge is -2.33. The summed E-state index contributed by atoms with van der Waals surface area (Å²) in [5.74, 6) is 0.867. The first-order valence-electron chi connectivity index (χ1n) is 7.13. The predicted molar refractivity (Wildman–Crippen MR) is 74.7 cm³/mol. The molecule has 3 heteroatoms. The van der Waals surface area contributed by atoms with Crippen LogP contribution in [-0.2, 0) is 0 Å². The molecule has 1 saturated carbocycles. The molecule has 0 spiro atoms.